The van der Waals surface area contributed by atoms with Crippen LogP contribution in [-0.4, -0.2) is 15.6 Å². The van der Waals surface area contributed by atoms with Gasteiger partial charge in [0.1, 0.15) is 12.4 Å². The van der Waals surface area contributed by atoms with Crippen LogP contribution in [0.5, 0.6) is 0 Å². The fraction of sp³-hybridized carbons (Fsp3) is 0.125. The number of ether oxygens (including phenoxy) is 1. The zero-order chi connectivity index (χ0) is 14.8. The first-order valence-corrected chi connectivity index (χ1v) is 7.58. The highest BCUT2D eigenvalue weighted by molar-refractivity contribution is 14.1. The van der Waals surface area contributed by atoms with Gasteiger partial charge in [-0.2, -0.15) is 0 Å². The topological polar surface area (TPSA) is 44.1 Å². The predicted octanol–water partition coefficient (Wildman–Crippen LogP) is 4.13. The molecule has 4 nitrogen and oxygen atoms in total. The molecule has 1 heterocycles. The van der Waals surface area contributed by atoms with Crippen molar-refractivity contribution in [2.24, 2.45) is 0 Å². The van der Waals surface area contributed by atoms with Crippen molar-refractivity contribution in [3.63, 3.8) is 0 Å². The van der Waals surface area contributed by atoms with Crippen molar-refractivity contribution < 1.29 is 9.53 Å². The fourth-order valence-electron chi connectivity index (χ4n) is 2.18. The summed E-state index contributed by atoms with van der Waals surface area (Å²) in [5.74, 6) is 0.630. The average Bonchev–Trinajstić information content (AvgIpc) is 2.81. The molecule has 0 fully saturated rings. The second-order valence-corrected chi connectivity index (χ2v) is 5.91. The van der Waals surface area contributed by atoms with E-state index in [4.69, 9.17) is 4.74 Å². The molecule has 0 saturated heterocycles. The van der Waals surface area contributed by atoms with Crippen LogP contribution in [0, 0.1) is 10.5 Å². The molecule has 0 atom stereocenters. The van der Waals surface area contributed by atoms with Gasteiger partial charge in [0, 0.05) is 3.57 Å². The Morgan fingerprint density at radius 2 is 2.00 bits per heavy atom. The molecule has 3 rings (SSSR count). The van der Waals surface area contributed by atoms with Gasteiger partial charge in [0.15, 0.2) is 0 Å². The molecular weight excluding hydrogens is 379 g/mol. The summed E-state index contributed by atoms with van der Waals surface area (Å²) in [7, 11) is 0. The molecule has 1 aromatic heterocycles. The molecule has 0 spiro atoms. The second kappa shape index (κ2) is 5.85. The summed E-state index contributed by atoms with van der Waals surface area (Å²) < 4.78 is 7.95. The van der Waals surface area contributed by atoms with E-state index in [0.29, 0.717) is 5.82 Å². The maximum absolute atomic E-state index is 12.3. The van der Waals surface area contributed by atoms with Crippen molar-refractivity contribution in [3.05, 3.63) is 63.5 Å². The van der Waals surface area contributed by atoms with Crippen LogP contribution in [0.2, 0.25) is 0 Å². The van der Waals surface area contributed by atoms with Crippen LogP contribution in [-0.2, 0) is 11.3 Å². The van der Waals surface area contributed by atoms with Crippen molar-refractivity contribution in [1.29, 1.82) is 0 Å². The van der Waals surface area contributed by atoms with Gasteiger partial charge in [-0.1, -0.05) is 30.3 Å². The van der Waals surface area contributed by atoms with Crippen molar-refractivity contribution in [3.8, 4) is 0 Å². The van der Waals surface area contributed by atoms with Gasteiger partial charge in [-0.25, -0.2) is 14.3 Å². The molecule has 106 valence electrons. The normalized spacial score (nSPS) is 10.8. The fourth-order valence-corrected chi connectivity index (χ4v) is 2.66. The van der Waals surface area contributed by atoms with Crippen LogP contribution < -0.4 is 0 Å². The number of hydrogen-bond acceptors (Lipinski definition) is 3. The summed E-state index contributed by atoms with van der Waals surface area (Å²) in [4.78, 5) is 16.7. The van der Waals surface area contributed by atoms with Crippen molar-refractivity contribution in [2.45, 2.75) is 13.5 Å². The van der Waals surface area contributed by atoms with Crippen LogP contribution in [0.3, 0.4) is 0 Å². The van der Waals surface area contributed by atoms with E-state index in [9.17, 15) is 4.79 Å². The highest BCUT2D eigenvalue weighted by Gasteiger charge is 2.15. The number of hydrogen-bond donors (Lipinski definition) is 0. The number of nitrogens with zero attached hydrogens (tertiary/aromatic N) is 2. The number of imidazole rings is 1. The number of fused-ring (bicyclic) bond motifs is 1. The van der Waals surface area contributed by atoms with Gasteiger partial charge in [-0.15, -0.1) is 0 Å². The molecule has 0 radical (unpaired) electrons. The van der Waals surface area contributed by atoms with Crippen LogP contribution in [0.4, 0.5) is 4.79 Å². The molecule has 21 heavy (non-hydrogen) atoms. The summed E-state index contributed by atoms with van der Waals surface area (Å²) in [6.45, 7) is 2.05. The van der Waals surface area contributed by atoms with E-state index in [1.807, 2.05) is 48.5 Å². The summed E-state index contributed by atoms with van der Waals surface area (Å²) in [6.07, 6.45) is -0.402. The molecule has 0 amide bonds. The van der Waals surface area contributed by atoms with Gasteiger partial charge >= 0.3 is 6.09 Å². The lowest BCUT2D eigenvalue weighted by atomic mass is 10.2. The summed E-state index contributed by atoms with van der Waals surface area (Å²) in [5, 5.41) is 0. The highest BCUT2D eigenvalue weighted by atomic mass is 127. The zero-order valence-corrected chi connectivity index (χ0v) is 13.6. The Morgan fingerprint density at radius 1 is 1.24 bits per heavy atom. The Bertz CT molecular complexity index is 797. The lowest BCUT2D eigenvalue weighted by molar-refractivity contribution is 0.141. The molecule has 0 aliphatic rings. The van der Waals surface area contributed by atoms with Crippen molar-refractivity contribution >= 4 is 39.7 Å². The Kier molecular flexibility index (Phi) is 3.92. The molecule has 5 heteroatoms. The third-order valence-electron chi connectivity index (χ3n) is 3.17. The SMILES string of the molecule is Cc1nc2ccc(I)cc2n1C(=O)OCc1ccccc1. The lowest BCUT2D eigenvalue weighted by Crippen LogP contribution is -2.15. The zero-order valence-electron chi connectivity index (χ0n) is 11.4. The average molecular weight is 392 g/mol. The van der Waals surface area contributed by atoms with Crippen LogP contribution in [0.15, 0.2) is 48.5 Å². The maximum atomic E-state index is 12.3. The van der Waals surface area contributed by atoms with E-state index in [-0.39, 0.29) is 6.61 Å². The van der Waals surface area contributed by atoms with Crippen molar-refractivity contribution in [1.82, 2.24) is 9.55 Å². The number of aryl methyl sites for hydroxylation is 1. The molecule has 0 saturated carbocycles. The number of aromatic nitrogens is 2. The molecule has 0 unspecified atom stereocenters. The van der Waals surface area contributed by atoms with Gasteiger partial charge in [0.25, 0.3) is 0 Å². The van der Waals surface area contributed by atoms with Crippen LogP contribution >= 0.6 is 22.6 Å². The molecule has 0 N–H and O–H groups in total. The number of rotatable bonds is 2. The third kappa shape index (κ3) is 2.92. The Balaban J connectivity index is 1.87. The van der Waals surface area contributed by atoms with E-state index in [2.05, 4.69) is 27.6 Å². The molecule has 0 aliphatic heterocycles. The van der Waals surface area contributed by atoms with E-state index in [1.54, 1.807) is 6.92 Å². The monoisotopic (exact) mass is 392 g/mol. The van der Waals surface area contributed by atoms with Gasteiger partial charge < -0.3 is 4.74 Å². The van der Waals surface area contributed by atoms with Gasteiger partial charge in [0.2, 0.25) is 0 Å². The van der Waals surface area contributed by atoms with Crippen molar-refractivity contribution in [2.75, 3.05) is 0 Å². The minimum Gasteiger partial charge on any atom is -0.444 e. The molecule has 3 aromatic rings. The largest absolute Gasteiger partial charge is 0.444 e. The quantitative estimate of drug-likeness (QED) is 0.616. The standard InChI is InChI=1S/C16H13IN2O2/c1-11-18-14-8-7-13(17)9-15(14)19(11)16(20)21-10-12-5-3-2-4-6-12/h2-9H,10H2,1H3. The minimum absolute atomic E-state index is 0.253. The molecule has 0 aliphatic carbocycles. The van der Waals surface area contributed by atoms with E-state index in [0.717, 1.165) is 20.2 Å². The van der Waals surface area contributed by atoms with Gasteiger partial charge in [0.05, 0.1) is 11.0 Å². The number of carbonyl (C=O) groups is 1. The van der Waals surface area contributed by atoms with Crippen LogP contribution in [0.25, 0.3) is 11.0 Å². The first-order chi connectivity index (χ1) is 10.1. The number of benzene rings is 2. The van der Waals surface area contributed by atoms with E-state index >= 15 is 0 Å². The van der Waals surface area contributed by atoms with Gasteiger partial charge in [-0.05, 0) is 53.3 Å². The second-order valence-electron chi connectivity index (χ2n) is 4.67. The Hall–Kier alpha value is -1.89. The predicted molar refractivity (Wildman–Crippen MR) is 89.2 cm³/mol. The first-order valence-electron chi connectivity index (χ1n) is 6.51. The smallest absolute Gasteiger partial charge is 0.420 e. The van der Waals surface area contributed by atoms with E-state index in [1.165, 1.54) is 4.57 Å². The molecular formula is C16H13IN2O2. The summed E-state index contributed by atoms with van der Waals surface area (Å²) >= 11 is 2.21. The Labute approximate surface area is 135 Å². The van der Waals surface area contributed by atoms with Gasteiger partial charge in [-0.3, -0.25) is 0 Å². The Morgan fingerprint density at radius 3 is 2.76 bits per heavy atom. The molecule has 0 bridgehead atoms. The third-order valence-corrected chi connectivity index (χ3v) is 3.84. The first kappa shape index (κ1) is 14.1. The minimum atomic E-state index is -0.402. The number of carbonyl (C=O) groups excluding carboxylic acids is 1. The highest BCUT2D eigenvalue weighted by Crippen LogP contribution is 2.19. The maximum Gasteiger partial charge on any atom is 0.420 e. The summed E-state index contributed by atoms with van der Waals surface area (Å²) in [6, 6.07) is 15.4. The molecule has 2 aromatic carbocycles. The lowest BCUT2D eigenvalue weighted by Gasteiger charge is -2.07. The van der Waals surface area contributed by atoms with Crippen LogP contribution in [0.1, 0.15) is 11.4 Å². The van der Waals surface area contributed by atoms with E-state index < -0.39 is 6.09 Å². The number of halogens is 1. The summed E-state index contributed by atoms with van der Waals surface area (Å²) in [5.41, 5.74) is 2.53.